The maximum Gasteiger partial charge on any atom is 0.323 e. The first-order valence-corrected chi connectivity index (χ1v) is 7.62. The highest BCUT2D eigenvalue weighted by molar-refractivity contribution is 6.30. The van der Waals surface area contributed by atoms with Gasteiger partial charge in [-0.05, 0) is 19.1 Å². The van der Waals surface area contributed by atoms with Crippen molar-refractivity contribution in [2.75, 3.05) is 0 Å². The van der Waals surface area contributed by atoms with Crippen LogP contribution in [0, 0.1) is 6.92 Å². The number of nitrogens with zero attached hydrogens (tertiary/aromatic N) is 4. The molecule has 0 unspecified atom stereocenters. The first kappa shape index (κ1) is 14.7. The Morgan fingerprint density at radius 3 is 2.92 bits per heavy atom. The first-order valence-electron chi connectivity index (χ1n) is 7.25. The van der Waals surface area contributed by atoms with E-state index in [2.05, 4.69) is 25.2 Å². The number of aryl methyl sites for hydroxylation is 2. The van der Waals surface area contributed by atoms with Crippen molar-refractivity contribution in [3.63, 3.8) is 0 Å². The van der Waals surface area contributed by atoms with Crippen molar-refractivity contribution in [1.82, 2.24) is 29.9 Å². The maximum absolute atomic E-state index is 11.5. The molecule has 122 valence electrons. The van der Waals surface area contributed by atoms with Gasteiger partial charge in [0.25, 0.3) is 5.89 Å². The average molecular weight is 345 g/mol. The van der Waals surface area contributed by atoms with Gasteiger partial charge in [-0.2, -0.15) is 10.1 Å². The molecule has 1 aromatic carbocycles. The van der Waals surface area contributed by atoms with Crippen LogP contribution in [0.15, 0.2) is 27.5 Å². The van der Waals surface area contributed by atoms with Gasteiger partial charge in [0.15, 0.2) is 5.82 Å². The van der Waals surface area contributed by atoms with Gasteiger partial charge >= 0.3 is 5.69 Å². The van der Waals surface area contributed by atoms with E-state index in [0.717, 1.165) is 11.3 Å². The number of hydrogen-bond donors (Lipinski definition) is 2. The maximum atomic E-state index is 11.5. The lowest BCUT2D eigenvalue weighted by Crippen LogP contribution is -1.99. The number of para-hydroxylation sites is 1. The van der Waals surface area contributed by atoms with Gasteiger partial charge in [0, 0.05) is 19.0 Å². The molecule has 2 N–H and O–H groups in total. The van der Waals surface area contributed by atoms with E-state index in [1.54, 1.807) is 17.8 Å². The van der Waals surface area contributed by atoms with Crippen molar-refractivity contribution in [3.05, 3.63) is 50.9 Å². The van der Waals surface area contributed by atoms with E-state index in [-0.39, 0.29) is 5.69 Å². The summed E-state index contributed by atoms with van der Waals surface area (Å²) in [6, 6.07) is 5.42. The normalized spacial score (nSPS) is 11.5. The zero-order valence-corrected chi connectivity index (χ0v) is 13.7. The number of halogens is 1. The monoisotopic (exact) mass is 344 g/mol. The van der Waals surface area contributed by atoms with Crippen LogP contribution in [-0.4, -0.2) is 29.9 Å². The molecule has 0 spiro atoms. The molecule has 3 aromatic heterocycles. The Hall–Kier alpha value is -2.87. The second kappa shape index (κ2) is 5.34. The molecule has 0 saturated carbocycles. The molecule has 0 atom stereocenters. The molecule has 0 radical (unpaired) electrons. The summed E-state index contributed by atoms with van der Waals surface area (Å²) in [6.45, 7) is 1.88. The van der Waals surface area contributed by atoms with Crippen molar-refractivity contribution in [2.24, 2.45) is 7.05 Å². The molecule has 0 aliphatic carbocycles. The van der Waals surface area contributed by atoms with Crippen LogP contribution in [0.5, 0.6) is 0 Å². The van der Waals surface area contributed by atoms with Gasteiger partial charge in [0.05, 0.1) is 22.3 Å². The van der Waals surface area contributed by atoms with Gasteiger partial charge in [-0.15, -0.1) is 0 Å². The van der Waals surface area contributed by atoms with Crippen molar-refractivity contribution < 1.29 is 4.52 Å². The third kappa shape index (κ3) is 2.31. The lowest BCUT2D eigenvalue weighted by atomic mass is 10.1. The van der Waals surface area contributed by atoms with E-state index >= 15 is 0 Å². The fourth-order valence-corrected chi connectivity index (χ4v) is 2.95. The summed E-state index contributed by atoms with van der Waals surface area (Å²) in [4.78, 5) is 21.3. The highest BCUT2D eigenvalue weighted by Gasteiger charge is 2.17. The minimum Gasteiger partial charge on any atom is -0.334 e. The van der Waals surface area contributed by atoms with Crippen molar-refractivity contribution >= 4 is 22.6 Å². The average Bonchev–Trinajstić information content (AvgIpc) is 3.21. The number of fused-ring (bicyclic) bond motifs is 1. The third-order valence-corrected chi connectivity index (χ3v) is 4.33. The minimum atomic E-state index is -0.282. The van der Waals surface area contributed by atoms with Gasteiger partial charge < -0.3 is 14.5 Å². The van der Waals surface area contributed by atoms with Gasteiger partial charge in [0.1, 0.15) is 5.15 Å². The molecule has 0 aliphatic rings. The van der Waals surface area contributed by atoms with Crippen molar-refractivity contribution in [2.45, 2.75) is 13.3 Å². The Kier molecular flexibility index (Phi) is 3.27. The van der Waals surface area contributed by atoms with Gasteiger partial charge in [-0.3, -0.25) is 4.68 Å². The summed E-state index contributed by atoms with van der Waals surface area (Å²) in [5, 5.41) is 8.83. The Labute approximate surface area is 140 Å². The Morgan fingerprint density at radius 1 is 1.33 bits per heavy atom. The molecular weight excluding hydrogens is 332 g/mol. The van der Waals surface area contributed by atoms with E-state index in [1.165, 1.54) is 0 Å². The molecule has 8 nitrogen and oxygen atoms in total. The molecule has 0 aliphatic heterocycles. The molecule has 9 heteroatoms. The molecule has 4 rings (SSSR count). The quantitative estimate of drug-likeness (QED) is 0.592. The molecule has 4 aromatic rings. The summed E-state index contributed by atoms with van der Waals surface area (Å²) in [5.41, 5.74) is 3.39. The van der Waals surface area contributed by atoms with Gasteiger partial charge in [-0.1, -0.05) is 22.8 Å². The number of imidazole rings is 1. The number of aromatic nitrogens is 6. The number of hydrogen-bond acceptors (Lipinski definition) is 5. The van der Waals surface area contributed by atoms with Crippen LogP contribution in [0.1, 0.15) is 17.1 Å². The van der Waals surface area contributed by atoms with Crippen LogP contribution in [0.2, 0.25) is 5.15 Å². The second-order valence-corrected chi connectivity index (χ2v) is 5.84. The van der Waals surface area contributed by atoms with E-state index in [1.807, 2.05) is 19.1 Å². The molecule has 0 bridgehead atoms. The number of benzene rings is 1. The summed E-state index contributed by atoms with van der Waals surface area (Å²) >= 11 is 6.24. The SMILES string of the molecule is Cc1nn(C)c(Cl)c1Cc1noc(-c2cccc3[nH]c(=O)[nH]c23)n1. The fourth-order valence-electron chi connectivity index (χ4n) is 2.70. The third-order valence-electron chi connectivity index (χ3n) is 3.85. The summed E-state index contributed by atoms with van der Waals surface area (Å²) in [7, 11) is 1.78. The van der Waals surface area contributed by atoms with Crippen LogP contribution < -0.4 is 5.69 Å². The van der Waals surface area contributed by atoms with Crippen LogP contribution >= 0.6 is 11.6 Å². The highest BCUT2D eigenvalue weighted by atomic mass is 35.5. The molecule has 0 saturated heterocycles. The number of rotatable bonds is 3. The summed E-state index contributed by atoms with van der Waals surface area (Å²) < 4.78 is 6.97. The van der Waals surface area contributed by atoms with E-state index in [0.29, 0.717) is 39.9 Å². The lowest BCUT2D eigenvalue weighted by Gasteiger charge is -1.96. The summed E-state index contributed by atoms with van der Waals surface area (Å²) in [6.07, 6.45) is 0.418. The Bertz CT molecular complexity index is 1100. The number of aromatic amines is 2. The van der Waals surface area contributed by atoms with Crippen LogP contribution in [0.3, 0.4) is 0 Å². The van der Waals surface area contributed by atoms with Crippen LogP contribution in [0.4, 0.5) is 0 Å². The zero-order valence-electron chi connectivity index (χ0n) is 12.9. The predicted octanol–water partition coefficient (Wildman–Crippen LogP) is 2.19. The Morgan fingerprint density at radius 2 is 2.17 bits per heavy atom. The minimum absolute atomic E-state index is 0.282. The lowest BCUT2D eigenvalue weighted by molar-refractivity contribution is 0.424. The van der Waals surface area contributed by atoms with Crippen molar-refractivity contribution in [1.29, 1.82) is 0 Å². The summed E-state index contributed by atoms with van der Waals surface area (Å²) in [5.74, 6) is 0.835. The van der Waals surface area contributed by atoms with E-state index < -0.39 is 0 Å². The fraction of sp³-hybridized carbons (Fsp3) is 0.200. The smallest absolute Gasteiger partial charge is 0.323 e. The molecule has 0 fully saturated rings. The Balaban J connectivity index is 1.73. The molecule has 24 heavy (non-hydrogen) atoms. The van der Waals surface area contributed by atoms with Gasteiger partial charge in [0.2, 0.25) is 0 Å². The predicted molar refractivity (Wildman–Crippen MR) is 88.0 cm³/mol. The van der Waals surface area contributed by atoms with Crippen LogP contribution in [0.25, 0.3) is 22.5 Å². The van der Waals surface area contributed by atoms with Crippen LogP contribution in [-0.2, 0) is 13.5 Å². The van der Waals surface area contributed by atoms with E-state index in [4.69, 9.17) is 16.1 Å². The molecule has 0 amide bonds. The largest absolute Gasteiger partial charge is 0.334 e. The number of nitrogens with one attached hydrogen (secondary N) is 2. The molecule has 3 heterocycles. The number of H-pyrrole nitrogens is 2. The van der Waals surface area contributed by atoms with Gasteiger partial charge in [-0.25, -0.2) is 4.79 Å². The van der Waals surface area contributed by atoms with Crippen molar-refractivity contribution in [3.8, 4) is 11.5 Å². The standard InChI is InChI=1S/C15H13ClN6O2/c1-7-9(13(16)22(2)20-7)6-11-18-14(24-21-11)8-4-3-5-10-12(8)19-15(23)17-10/h3-5H,6H2,1-2H3,(H2,17,19,23). The second-order valence-electron chi connectivity index (χ2n) is 5.48. The topological polar surface area (TPSA) is 105 Å². The highest BCUT2D eigenvalue weighted by Crippen LogP contribution is 2.26. The zero-order chi connectivity index (χ0) is 16.8. The first-order chi connectivity index (χ1) is 11.5. The van der Waals surface area contributed by atoms with E-state index in [9.17, 15) is 4.79 Å². The molecular formula is C15H13ClN6O2.